The number of thiophene rings is 1. The molecule has 2 N–H and O–H groups in total. The largest absolute Gasteiger partial charge is 0.336 e. The number of likely N-dealkylation sites (tertiary alicyclic amines) is 2. The minimum atomic E-state index is 0.170. The molecule has 0 aromatic carbocycles. The van der Waals surface area contributed by atoms with Crippen LogP contribution in [0.5, 0.6) is 0 Å². The first-order valence-corrected chi connectivity index (χ1v) is 8.84. The van der Waals surface area contributed by atoms with Crippen LogP contribution >= 0.6 is 27.3 Å². The Kier molecular flexibility index (Phi) is 4.45. The highest BCUT2D eigenvalue weighted by molar-refractivity contribution is 9.10. The van der Waals surface area contributed by atoms with Crippen molar-refractivity contribution in [1.82, 2.24) is 9.80 Å². The molecule has 1 unspecified atom stereocenters. The van der Waals surface area contributed by atoms with Crippen molar-refractivity contribution in [3.63, 3.8) is 0 Å². The molecule has 2 aliphatic heterocycles. The molecule has 0 aliphatic carbocycles. The van der Waals surface area contributed by atoms with Gasteiger partial charge in [-0.3, -0.25) is 9.69 Å². The molecule has 2 fully saturated rings. The van der Waals surface area contributed by atoms with E-state index in [0.29, 0.717) is 12.1 Å². The molecule has 110 valence electrons. The third kappa shape index (κ3) is 2.93. The number of amides is 1. The van der Waals surface area contributed by atoms with Crippen LogP contribution in [0, 0.1) is 0 Å². The Balaban J connectivity index is 1.59. The zero-order valence-electron chi connectivity index (χ0n) is 11.4. The lowest BCUT2D eigenvalue weighted by Gasteiger charge is -2.34. The van der Waals surface area contributed by atoms with Crippen molar-refractivity contribution in [3.05, 3.63) is 20.8 Å². The Hall–Kier alpha value is -0.430. The van der Waals surface area contributed by atoms with Crippen LogP contribution in [0.3, 0.4) is 0 Å². The highest BCUT2D eigenvalue weighted by Gasteiger charge is 2.33. The molecule has 4 nitrogen and oxygen atoms in total. The van der Waals surface area contributed by atoms with Crippen molar-refractivity contribution in [1.29, 1.82) is 0 Å². The van der Waals surface area contributed by atoms with Crippen LogP contribution in [-0.2, 0) is 0 Å². The summed E-state index contributed by atoms with van der Waals surface area (Å²) in [7, 11) is 0. The van der Waals surface area contributed by atoms with E-state index in [0.717, 1.165) is 54.8 Å². The molecule has 1 atom stereocenters. The maximum absolute atomic E-state index is 12.5. The van der Waals surface area contributed by atoms with Crippen molar-refractivity contribution < 1.29 is 4.79 Å². The molecule has 0 spiro atoms. The average molecular weight is 358 g/mol. The van der Waals surface area contributed by atoms with Gasteiger partial charge in [0.2, 0.25) is 0 Å². The molecule has 1 aromatic rings. The van der Waals surface area contributed by atoms with E-state index in [1.165, 1.54) is 11.3 Å². The summed E-state index contributed by atoms with van der Waals surface area (Å²) in [5.41, 5.74) is 5.96. The molecule has 20 heavy (non-hydrogen) atoms. The van der Waals surface area contributed by atoms with Gasteiger partial charge in [0.25, 0.3) is 5.91 Å². The van der Waals surface area contributed by atoms with Gasteiger partial charge < -0.3 is 10.6 Å². The Bertz CT molecular complexity index is 485. The Morgan fingerprint density at radius 2 is 2.05 bits per heavy atom. The fourth-order valence-electron chi connectivity index (χ4n) is 3.10. The predicted octanol–water partition coefficient (Wildman–Crippen LogP) is 2.15. The third-order valence-corrected chi connectivity index (χ3v) is 6.18. The Morgan fingerprint density at radius 1 is 1.30 bits per heavy atom. The number of nitrogens with zero attached hydrogens (tertiary/aromatic N) is 2. The summed E-state index contributed by atoms with van der Waals surface area (Å²) in [6.45, 7) is 3.89. The fraction of sp³-hybridized carbons (Fsp3) is 0.643. The zero-order valence-corrected chi connectivity index (χ0v) is 13.8. The van der Waals surface area contributed by atoms with Crippen LogP contribution in [0.2, 0.25) is 0 Å². The SMILES string of the molecule is NC1CCN(C2CCN(C(=O)c3sccc3Br)C2)CC1. The van der Waals surface area contributed by atoms with Gasteiger partial charge in [-0.15, -0.1) is 11.3 Å². The molecule has 2 saturated heterocycles. The molecule has 0 radical (unpaired) electrons. The number of carbonyl (C=O) groups excluding carboxylic acids is 1. The molecule has 2 aliphatic rings. The van der Waals surface area contributed by atoms with Gasteiger partial charge in [-0.2, -0.15) is 0 Å². The average Bonchev–Trinajstić information content (AvgIpc) is 3.08. The number of rotatable bonds is 2. The summed E-state index contributed by atoms with van der Waals surface area (Å²) in [4.78, 5) is 17.8. The van der Waals surface area contributed by atoms with Crippen LogP contribution in [0.25, 0.3) is 0 Å². The van der Waals surface area contributed by atoms with Crippen LogP contribution < -0.4 is 5.73 Å². The quantitative estimate of drug-likeness (QED) is 0.881. The monoisotopic (exact) mass is 357 g/mol. The highest BCUT2D eigenvalue weighted by atomic mass is 79.9. The minimum absolute atomic E-state index is 0.170. The van der Waals surface area contributed by atoms with Gasteiger partial charge in [0.1, 0.15) is 4.88 Å². The molecule has 3 heterocycles. The van der Waals surface area contributed by atoms with E-state index in [1.54, 1.807) is 0 Å². The fourth-order valence-corrected chi connectivity index (χ4v) is 4.61. The maximum Gasteiger partial charge on any atom is 0.265 e. The van der Waals surface area contributed by atoms with Crippen LogP contribution in [0.15, 0.2) is 15.9 Å². The van der Waals surface area contributed by atoms with Gasteiger partial charge in [0.15, 0.2) is 0 Å². The lowest BCUT2D eigenvalue weighted by Crippen LogP contribution is -2.46. The number of hydrogen-bond acceptors (Lipinski definition) is 4. The third-order valence-electron chi connectivity index (χ3n) is 4.35. The molecule has 1 aromatic heterocycles. The first kappa shape index (κ1) is 14.5. The summed E-state index contributed by atoms with van der Waals surface area (Å²) >= 11 is 4.96. The Labute approximate surface area is 132 Å². The number of nitrogens with two attached hydrogens (primary N) is 1. The summed E-state index contributed by atoms with van der Waals surface area (Å²) in [5.74, 6) is 0.170. The number of carbonyl (C=O) groups is 1. The second kappa shape index (κ2) is 6.13. The standard InChI is InChI=1S/C14H20BrN3OS/c15-12-4-8-20-13(12)14(19)18-7-3-11(9-18)17-5-1-10(16)2-6-17/h4,8,10-11H,1-3,5-7,9,16H2. The minimum Gasteiger partial charge on any atom is -0.336 e. The molecule has 0 saturated carbocycles. The van der Waals surface area contributed by atoms with E-state index in [1.807, 2.05) is 16.3 Å². The second-order valence-electron chi connectivity index (χ2n) is 5.66. The van der Waals surface area contributed by atoms with E-state index < -0.39 is 0 Å². The smallest absolute Gasteiger partial charge is 0.265 e. The summed E-state index contributed by atoms with van der Waals surface area (Å²) in [6.07, 6.45) is 3.26. The predicted molar refractivity (Wildman–Crippen MR) is 85.1 cm³/mol. The molecular formula is C14H20BrN3OS. The molecule has 0 bridgehead atoms. The normalized spacial score (nSPS) is 25.3. The van der Waals surface area contributed by atoms with E-state index in [9.17, 15) is 4.79 Å². The van der Waals surface area contributed by atoms with Crippen molar-refractivity contribution in [2.45, 2.75) is 31.3 Å². The van der Waals surface area contributed by atoms with Gasteiger partial charge in [-0.05, 0) is 59.7 Å². The molecule has 1 amide bonds. The van der Waals surface area contributed by atoms with Crippen LogP contribution in [0.4, 0.5) is 0 Å². The van der Waals surface area contributed by atoms with E-state index in [-0.39, 0.29) is 5.91 Å². The number of hydrogen-bond donors (Lipinski definition) is 1. The summed E-state index contributed by atoms with van der Waals surface area (Å²) in [5, 5.41) is 1.96. The van der Waals surface area contributed by atoms with Gasteiger partial charge >= 0.3 is 0 Å². The maximum atomic E-state index is 12.5. The molecule has 6 heteroatoms. The molecular weight excluding hydrogens is 338 g/mol. The van der Waals surface area contributed by atoms with Gasteiger partial charge in [0.05, 0.1) is 0 Å². The van der Waals surface area contributed by atoms with Crippen molar-refractivity contribution in [2.75, 3.05) is 26.2 Å². The van der Waals surface area contributed by atoms with Gasteiger partial charge in [0, 0.05) is 29.6 Å². The van der Waals surface area contributed by atoms with Gasteiger partial charge in [-0.25, -0.2) is 0 Å². The summed E-state index contributed by atoms with van der Waals surface area (Å²) < 4.78 is 0.917. The van der Waals surface area contributed by atoms with E-state index >= 15 is 0 Å². The van der Waals surface area contributed by atoms with Crippen LogP contribution in [0.1, 0.15) is 28.9 Å². The second-order valence-corrected chi connectivity index (χ2v) is 7.44. The van der Waals surface area contributed by atoms with E-state index in [4.69, 9.17) is 5.73 Å². The lowest BCUT2D eigenvalue weighted by molar-refractivity contribution is 0.0773. The number of halogens is 1. The van der Waals surface area contributed by atoms with Crippen molar-refractivity contribution in [2.24, 2.45) is 5.73 Å². The van der Waals surface area contributed by atoms with Crippen LogP contribution in [-0.4, -0.2) is 54.0 Å². The first-order valence-electron chi connectivity index (χ1n) is 7.17. The highest BCUT2D eigenvalue weighted by Crippen LogP contribution is 2.27. The topological polar surface area (TPSA) is 49.6 Å². The Morgan fingerprint density at radius 3 is 2.70 bits per heavy atom. The first-order chi connectivity index (χ1) is 9.65. The van der Waals surface area contributed by atoms with E-state index in [2.05, 4.69) is 20.8 Å². The lowest BCUT2D eigenvalue weighted by atomic mass is 10.0. The molecule has 3 rings (SSSR count). The summed E-state index contributed by atoms with van der Waals surface area (Å²) in [6, 6.07) is 2.83. The van der Waals surface area contributed by atoms with Gasteiger partial charge in [-0.1, -0.05) is 0 Å². The van der Waals surface area contributed by atoms with Crippen molar-refractivity contribution >= 4 is 33.2 Å². The van der Waals surface area contributed by atoms with Crippen molar-refractivity contribution in [3.8, 4) is 0 Å². The number of piperidine rings is 1. The zero-order chi connectivity index (χ0) is 14.1.